The number of amides is 1. The van der Waals surface area contributed by atoms with E-state index in [1.54, 1.807) is 22.5 Å². The number of sulfonamides is 1. The van der Waals surface area contributed by atoms with E-state index in [0.29, 0.717) is 24.5 Å². The van der Waals surface area contributed by atoms with Gasteiger partial charge in [0, 0.05) is 36.7 Å². The zero-order valence-electron chi connectivity index (χ0n) is 17.8. The number of fused-ring (bicyclic) bond motifs is 1. The SMILES string of the molecule is C[C@@H](CNC(=O)Cn1ccc2cc(S(=O)(=O)N3CCCCC3)ccc21)c1ccccc1. The second-order valence-electron chi connectivity index (χ2n) is 8.24. The molecule has 7 heteroatoms. The van der Waals surface area contributed by atoms with Crippen molar-refractivity contribution in [2.75, 3.05) is 19.6 Å². The molecule has 0 bridgehead atoms. The molecule has 1 saturated heterocycles. The van der Waals surface area contributed by atoms with Crippen LogP contribution >= 0.6 is 0 Å². The Morgan fingerprint density at radius 1 is 1.03 bits per heavy atom. The van der Waals surface area contributed by atoms with Crippen molar-refractivity contribution in [1.82, 2.24) is 14.2 Å². The summed E-state index contributed by atoms with van der Waals surface area (Å²) in [5, 5.41) is 3.82. The van der Waals surface area contributed by atoms with Crippen LogP contribution in [0.15, 0.2) is 65.7 Å². The minimum atomic E-state index is -3.47. The standard InChI is InChI=1S/C24H29N3O3S/c1-19(20-8-4-2-5-9-20)17-25-24(28)18-26-15-12-21-16-22(10-11-23(21)26)31(29,30)27-13-6-3-7-14-27/h2,4-5,8-12,15-16,19H,3,6-7,13-14,17-18H2,1H3,(H,25,28)/t19-/m0/s1. The fourth-order valence-electron chi connectivity index (χ4n) is 4.11. The molecule has 1 aliphatic heterocycles. The molecule has 1 aliphatic rings. The average Bonchev–Trinajstić information content (AvgIpc) is 3.20. The molecule has 1 aromatic heterocycles. The second kappa shape index (κ2) is 9.24. The molecule has 6 nitrogen and oxygen atoms in total. The number of carbonyl (C=O) groups excluding carboxylic acids is 1. The van der Waals surface area contributed by atoms with E-state index < -0.39 is 10.0 Å². The summed E-state index contributed by atoms with van der Waals surface area (Å²) in [6.07, 6.45) is 4.74. The monoisotopic (exact) mass is 439 g/mol. The number of carbonyl (C=O) groups is 1. The van der Waals surface area contributed by atoms with Crippen LogP contribution in [-0.4, -0.2) is 42.8 Å². The highest BCUT2D eigenvalue weighted by atomic mass is 32.2. The molecule has 4 rings (SSSR count). The maximum atomic E-state index is 12.9. The Hall–Kier alpha value is -2.64. The van der Waals surface area contributed by atoms with E-state index in [-0.39, 0.29) is 18.4 Å². The molecule has 3 aromatic rings. The van der Waals surface area contributed by atoms with Gasteiger partial charge in [0.05, 0.1) is 4.90 Å². The van der Waals surface area contributed by atoms with E-state index in [9.17, 15) is 13.2 Å². The molecule has 2 heterocycles. The number of piperidine rings is 1. The van der Waals surface area contributed by atoms with Crippen LogP contribution in [0.2, 0.25) is 0 Å². The Bertz CT molecular complexity index is 1150. The zero-order valence-corrected chi connectivity index (χ0v) is 18.6. The molecular weight excluding hydrogens is 410 g/mol. The molecule has 0 saturated carbocycles. The maximum Gasteiger partial charge on any atom is 0.243 e. The van der Waals surface area contributed by atoms with Gasteiger partial charge in [-0.25, -0.2) is 8.42 Å². The maximum absolute atomic E-state index is 12.9. The minimum absolute atomic E-state index is 0.0645. The van der Waals surface area contributed by atoms with Gasteiger partial charge in [-0.1, -0.05) is 43.7 Å². The molecule has 31 heavy (non-hydrogen) atoms. The summed E-state index contributed by atoms with van der Waals surface area (Å²) in [5.41, 5.74) is 2.04. The number of benzene rings is 2. The van der Waals surface area contributed by atoms with Gasteiger partial charge in [-0.2, -0.15) is 4.31 Å². The third-order valence-electron chi connectivity index (χ3n) is 5.98. The van der Waals surface area contributed by atoms with Crippen LogP contribution in [-0.2, 0) is 21.4 Å². The molecule has 0 radical (unpaired) electrons. The highest BCUT2D eigenvalue weighted by Crippen LogP contribution is 2.25. The van der Waals surface area contributed by atoms with E-state index in [1.807, 2.05) is 35.0 Å². The number of hydrogen-bond donors (Lipinski definition) is 1. The van der Waals surface area contributed by atoms with Crippen LogP contribution in [0.3, 0.4) is 0 Å². The van der Waals surface area contributed by atoms with Crippen LogP contribution in [0.25, 0.3) is 10.9 Å². The van der Waals surface area contributed by atoms with Crippen molar-refractivity contribution in [2.24, 2.45) is 0 Å². The lowest BCUT2D eigenvalue weighted by atomic mass is 10.0. The van der Waals surface area contributed by atoms with Gasteiger partial charge in [0.1, 0.15) is 6.54 Å². The molecule has 164 valence electrons. The van der Waals surface area contributed by atoms with Gasteiger partial charge in [-0.15, -0.1) is 0 Å². The Morgan fingerprint density at radius 3 is 2.52 bits per heavy atom. The van der Waals surface area contributed by atoms with Gasteiger partial charge in [0.2, 0.25) is 15.9 Å². The summed E-state index contributed by atoms with van der Waals surface area (Å²) >= 11 is 0. The second-order valence-corrected chi connectivity index (χ2v) is 10.2. The molecule has 0 aliphatic carbocycles. The Balaban J connectivity index is 1.43. The first-order chi connectivity index (χ1) is 14.9. The summed E-state index contributed by atoms with van der Waals surface area (Å²) in [4.78, 5) is 12.8. The highest BCUT2D eigenvalue weighted by molar-refractivity contribution is 7.89. The van der Waals surface area contributed by atoms with Crippen molar-refractivity contribution in [2.45, 2.75) is 43.5 Å². The molecule has 1 N–H and O–H groups in total. The fraction of sp³-hybridized carbons (Fsp3) is 0.375. The first-order valence-corrected chi connectivity index (χ1v) is 12.3. The summed E-state index contributed by atoms with van der Waals surface area (Å²) in [6, 6.07) is 17.1. The van der Waals surface area contributed by atoms with Crippen molar-refractivity contribution in [3.63, 3.8) is 0 Å². The Kier molecular flexibility index (Phi) is 6.43. The number of nitrogens with one attached hydrogen (secondary N) is 1. The Morgan fingerprint density at radius 2 is 1.77 bits per heavy atom. The number of hydrogen-bond acceptors (Lipinski definition) is 3. The summed E-state index contributed by atoms with van der Waals surface area (Å²) < 4.78 is 29.3. The lowest BCUT2D eigenvalue weighted by Gasteiger charge is -2.25. The zero-order chi connectivity index (χ0) is 21.8. The molecule has 0 spiro atoms. The van der Waals surface area contributed by atoms with Crippen molar-refractivity contribution < 1.29 is 13.2 Å². The van der Waals surface area contributed by atoms with Gasteiger partial charge in [-0.3, -0.25) is 4.79 Å². The lowest BCUT2D eigenvalue weighted by Crippen LogP contribution is -2.35. The number of aromatic nitrogens is 1. The third-order valence-corrected chi connectivity index (χ3v) is 7.88. The largest absolute Gasteiger partial charge is 0.354 e. The summed E-state index contributed by atoms with van der Waals surface area (Å²) in [7, 11) is -3.47. The third kappa shape index (κ3) is 4.83. The van der Waals surface area contributed by atoms with E-state index in [4.69, 9.17) is 0 Å². The van der Waals surface area contributed by atoms with Crippen molar-refractivity contribution >= 4 is 26.8 Å². The van der Waals surface area contributed by atoms with Gasteiger partial charge < -0.3 is 9.88 Å². The van der Waals surface area contributed by atoms with Crippen LogP contribution in [0.1, 0.15) is 37.7 Å². The first kappa shape index (κ1) is 21.6. The molecule has 0 unspecified atom stereocenters. The van der Waals surface area contributed by atoms with E-state index >= 15 is 0 Å². The first-order valence-electron chi connectivity index (χ1n) is 10.9. The van der Waals surface area contributed by atoms with E-state index in [2.05, 4.69) is 24.4 Å². The average molecular weight is 440 g/mol. The lowest BCUT2D eigenvalue weighted by molar-refractivity contribution is -0.121. The molecular formula is C24H29N3O3S. The van der Waals surface area contributed by atoms with Crippen molar-refractivity contribution in [1.29, 1.82) is 0 Å². The normalized spacial score (nSPS) is 16.3. The fourth-order valence-corrected chi connectivity index (χ4v) is 5.66. The quantitative estimate of drug-likeness (QED) is 0.610. The van der Waals surface area contributed by atoms with Crippen molar-refractivity contribution in [3.8, 4) is 0 Å². The van der Waals surface area contributed by atoms with Crippen LogP contribution in [0, 0.1) is 0 Å². The number of rotatable bonds is 7. The minimum Gasteiger partial charge on any atom is -0.354 e. The van der Waals surface area contributed by atoms with Crippen molar-refractivity contribution in [3.05, 3.63) is 66.4 Å². The number of nitrogens with zero attached hydrogens (tertiary/aromatic N) is 2. The highest BCUT2D eigenvalue weighted by Gasteiger charge is 2.26. The topological polar surface area (TPSA) is 71.4 Å². The van der Waals surface area contributed by atoms with E-state index in [1.165, 1.54) is 5.56 Å². The van der Waals surface area contributed by atoms with Crippen LogP contribution < -0.4 is 5.32 Å². The van der Waals surface area contributed by atoms with Gasteiger partial charge in [-0.05, 0) is 48.6 Å². The molecule has 1 fully saturated rings. The van der Waals surface area contributed by atoms with Gasteiger partial charge in [0.25, 0.3) is 0 Å². The smallest absolute Gasteiger partial charge is 0.243 e. The van der Waals surface area contributed by atoms with Gasteiger partial charge >= 0.3 is 0 Å². The summed E-state index contributed by atoms with van der Waals surface area (Å²) in [5.74, 6) is 0.166. The molecule has 1 amide bonds. The van der Waals surface area contributed by atoms with Gasteiger partial charge in [0.15, 0.2) is 0 Å². The van der Waals surface area contributed by atoms with Crippen LogP contribution in [0.4, 0.5) is 0 Å². The van der Waals surface area contributed by atoms with Crippen LogP contribution in [0.5, 0.6) is 0 Å². The Labute approximate surface area is 183 Å². The molecule has 2 aromatic carbocycles. The van der Waals surface area contributed by atoms with E-state index in [0.717, 1.165) is 30.2 Å². The molecule has 1 atom stereocenters. The predicted molar refractivity (Wildman–Crippen MR) is 122 cm³/mol. The predicted octanol–water partition coefficient (Wildman–Crippen LogP) is 3.74. The summed E-state index contributed by atoms with van der Waals surface area (Å²) in [6.45, 7) is 4.03.